The van der Waals surface area contributed by atoms with Crippen molar-refractivity contribution < 1.29 is 14.7 Å². The first-order chi connectivity index (χ1) is 16.9. The highest BCUT2D eigenvalue weighted by molar-refractivity contribution is 7.16. The molecular formula is C28H23N3O3S. The van der Waals surface area contributed by atoms with Crippen molar-refractivity contribution in [1.29, 1.82) is 0 Å². The number of carbonyl (C=O) groups is 2. The summed E-state index contributed by atoms with van der Waals surface area (Å²) in [7, 11) is 0. The standard InChI is InChI=1S/C28H23N3O3S/c1-17-6-3-4-9-23(17)27(34)31-13-12-20-16-21(10-11-24(20)31)26-18(2)35-28(30-26)29-25(33)15-19-7-5-8-22(32)14-19/h3-14,16,32H,15H2,1-2H3,(H,29,30,33). The Kier molecular flexibility index (Phi) is 5.93. The maximum absolute atomic E-state index is 13.1. The number of phenolic OH excluding ortho intramolecular Hbond substituents is 1. The van der Waals surface area contributed by atoms with Gasteiger partial charge in [0.2, 0.25) is 5.91 Å². The van der Waals surface area contributed by atoms with Gasteiger partial charge < -0.3 is 10.4 Å². The molecule has 2 aromatic heterocycles. The van der Waals surface area contributed by atoms with E-state index < -0.39 is 0 Å². The number of hydrogen-bond donors (Lipinski definition) is 2. The van der Waals surface area contributed by atoms with E-state index in [0.29, 0.717) is 10.7 Å². The minimum atomic E-state index is -0.196. The lowest BCUT2D eigenvalue weighted by atomic mass is 10.1. The monoisotopic (exact) mass is 481 g/mol. The number of rotatable bonds is 5. The number of nitrogens with zero attached hydrogens (tertiary/aromatic N) is 2. The number of thiazole rings is 1. The van der Waals surface area contributed by atoms with E-state index in [-0.39, 0.29) is 24.0 Å². The van der Waals surface area contributed by atoms with Gasteiger partial charge in [-0.15, -0.1) is 11.3 Å². The molecule has 5 aromatic rings. The van der Waals surface area contributed by atoms with E-state index in [4.69, 9.17) is 0 Å². The van der Waals surface area contributed by atoms with Crippen LogP contribution in [0, 0.1) is 13.8 Å². The topological polar surface area (TPSA) is 84.2 Å². The molecule has 6 nitrogen and oxygen atoms in total. The summed E-state index contributed by atoms with van der Waals surface area (Å²) in [6, 6.07) is 22.0. The van der Waals surface area contributed by atoms with Gasteiger partial charge in [0.05, 0.1) is 17.6 Å². The lowest BCUT2D eigenvalue weighted by Crippen LogP contribution is -2.14. The number of aromatic hydroxyl groups is 1. The molecule has 0 bridgehead atoms. The zero-order valence-electron chi connectivity index (χ0n) is 19.3. The number of hydrogen-bond acceptors (Lipinski definition) is 5. The van der Waals surface area contributed by atoms with Crippen molar-refractivity contribution in [3.05, 3.63) is 101 Å². The second-order valence-electron chi connectivity index (χ2n) is 8.40. The van der Waals surface area contributed by atoms with Crippen LogP contribution in [0.5, 0.6) is 5.75 Å². The summed E-state index contributed by atoms with van der Waals surface area (Å²) >= 11 is 1.41. The molecule has 1 amide bonds. The van der Waals surface area contributed by atoms with Crippen LogP contribution in [0.3, 0.4) is 0 Å². The summed E-state index contributed by atoms with van der Waals surface area (Å²) in [5, 5.41) is 13.9. The van der Waals surface area contributed by atoms with E-state index >= 15 is 0 Å². The van der Waals surface area contributed by atoms with E-state index in [2.05, 4.69) is 10.3 Å². The van der Waals surface area contributed by atoms with Gasteiger partial charge in [0.15, 0.2) is 5.13 Å². The summed E-state index contributed by atoms with van der Waals surface area (Å²) < 4.78 is 1.67. The Bertz CT molecular complexity index is 1580. The van der Waals surface area contributed by atoms with Gasteiger partial charge in [-0.1, -0.05) is 36.4 Å². The molecule has 0 atom stereocenters. The van der Waals surface area contributed by atoms with Gasteiger partial charge >= 0.3 is 0 Å². The molecule has 2 heterocycles. The van der Waals surface area contributed by atoms with Crippen LogP contribution in [-0.4, -0.2) is 26.5 Å². The van der Waals surface area contributed by atoms with Gasteiger partial charge in [-0.05, 0) is 61.4 Å². The number of carbonyl (C=O) groups excluding carboxylic acids is 2. The molecule has 0 saturated heterocycles. The Hall–Kier alpha value is -4.23. The third kappa shape index (κ3) is 4.58. The molecule has 0 aliphatic rings. The van der Waals surface area contributed by atoms with E-state index in [0.717, 1.165) is 38.2 Å². The van der Waals surface area contributed by atoms with Gasteiger partial charge in [0.25, 0.3) is 5.91 Å². The number of aryl methyl sites for hydroxylation is 2. The normalized spacial score (nSPS) is 11.0. The molecule has 3 aromatic carbocycles. The Morgan fingerprint density at radius 3 is 2.63 bits per heavy atom. The number of nitrogens with one attached hydrogen (secondary N) is 1. The minimum Gasteiger partial charge on any atom is -0.508 e. The summed E-state index contributed by atoms with van der Waals surface area (Å²) in [6.45, 7) is 3.90. The fraction of sp³-hybridized carbons (Fsp3) is 0.107. The van der Waals surface area contributed by atoms with Gasteiger partial charge in [-0.25, -0.2) is 4.98 Å². The first-order valence-corrected chi connectivity index (χ1v) is 12.0. The Labute approximate surface area is 206 Å². The first-order valence-electron chi connectivity index (χ1n) is 11.2. The van der Waals surface area contributed by atoms with Gasteiger partial charge in [-0.3, -0.25) is 14.2 Å². The smallest absolute Gasteiger partial charge is 0.262 e. The van der Waals surface area contributed by atoms with Crippen molar-refractivity contribution in [2.75, 3.05) is 5.32 Å². The molecule has 0 spiro atoms. The Balaban J connectivity index is 1.38. The molecule has 0 unspecified atom stereocenters. The van der Waals surface area contributed by atoms with Crippen molar-refractivity contribution in [3.8, 4) is 17.0 Å². The van der Waals surface area contributed by atoms with Gasteiger partial charge in [0, 0.05) is 27.6 Å². The summed E-state index contributed by atoms with van der Waals surface area (Å²) in [5.41, 5.74) is 4.88. The minimum absolute atomic E-state index is 0.0626. The highest BCUT2D eigenvalue weighted by Gasteiger charge is 2.16. The SMILES string of the molecule is Cc1ccccc1C(=O)n1ccc2cc(-c3nc(NC(=O)Cc4cccc(O)c4)sc3C)ccc21. The van der Waals surface area contributed by atoms with Crippen molar-refractivity contribution >= 4 is 39.2 Å². The largest absolute Gasteiger partial charge is 0.508 e. The first kappa shape index (κ1) is 22.6. The average Bonchev–Trinajstić information content (AvgIpc) is 3.41. The quantitative estimate of drug-likeness (QED) is 0.325. The van der Waals surface area contributed by atoms with Crippen LogP contribution in [0.2, 0.25) is 0 Å². The number of anilines is 1. The maximum atomic E-state index is 13.1. The highest BCUT2D eigenvalue weighted by atomic mass is 32.1. The predicted octanol–water partition coefficient (Wildman–Crippen LogP) is 5.96. The Morgan fingerprint density at radius 1 is 1.00 bits per heavy atom. The molecule has 5 rings (SSSR count). The van der Waals surface area contributed by atoms with Crippen LogP contribution in [0.1, 0.15) is 26.4 Å². The van der Waals surface area contributed by atoms with Crippen LogP contribution in [0.4, 0.5) is 5.13 Å². The van der Waals surface area contributed by atoms with Crippen LogP contribution >= 0.6 is 11.3 Å². The van der Waals surface area contributed by atoms with Gasteiger partial charge in [0.1, 0.15) is 5.75 Å². The highest BCUT2D eigenvalue weighted by Crippen LogP contribution is 2.32. The maximum Gasteiger partial charge on any atom is 0.262 e. The molecular weight excluding hydrogens is 458 g/mol. The van der Waals surface area contributed by atoms with Crippen molar-refractivity contribution in [1.82, 2.24) is 9.55 Å². The number of phenols is 1. The fourth-order valence-corrected chi connectivity index (χ4v) is 4.99. The molecule has 2 N–H and O–H groups in total. The molecule has 0 fully saturated rings. The van der Waals surface area contributed by atoms with Crippen molar-refractivity contribution in [2.24, 2.45) is 0 Å². The molecule has 35 heavy (non-hydrogen) atoms. The zero-order chi connectivity index (χ0) is 24.5. The summed E-state index contributed by atoms with van der Waals surface area (Å²) in [6.07, 6.45) is 1.95. The lowest BCUT2D eigenvalue weighted by Gasteiger charge is -2.07. The molecule has 0 radical (unpaired) electrons. The molecule has 0 aliphatic heterocycles. The van der Waals surface area contributed by atoms with Crippen LogP contribution in [0.15, 0.2) is 79.0 Å². The number of fused-ring (bicyclic) bond motifs is 1. The summed E-state index contributed by atoms with van der Waals surface area (Å²) in [5.74, 6) is -0.127. The molecule has 0 saturated carbocycles. The van der Waals surface area contributed by atoms with E-state index in [1.54, 1.807) is 35.0 Å². The third-order valence-electron chi connectivity index (χ3n) is 5.88. The van der Waals surface area contributed by atoms with Gasteiger partial charge in [-0.2, -0.15) is 0 Å². The zero-order valence-corrected chi connectivity index (χ0v) is 20.1. The van der Waals surface area contributed by atoms with Crippen LogP contribution in [0.25, 0.3) is 22.2 Å². The second kappa shape index (κ2) is 9.19. The van der Waals surface area contributed by atoms with Crippen LogP contribution in [-0.2, 0) is 11.2 Å². The van der Waals surface area contributed by atoms with E-state index in [1.165, 1.54) is 11.3 Å². The molecule has 7 heteroatoms. The van der Waals surface area contributed by atoms with E-state index in [9.17, 15) is 14.7 Å². The van der Waals surface area contributed by atoms with Crippen molar-refractivity contribution in [2.45, 2.75) is 20.3 Å². The number of benzene rings is 3. The summed E-state index contributed by atoms with van der Waals surface area (Å²) in [4.78, 5) is 31.2. The lowest BCUT2D eigenvalue weighted by molar-refractivity contribution is -0.115. The fourth-order valence-electron chi connectivity index (χ4n) is 4.14. The van der Waals surface area contributed by atoms with Crippen LogP contribution < -0.4 is 5.32 Å². The number of aromatic nitrogens is 2. The molecule has 174 valence electrons. The second-order valence-corrected chi connectivity index (χ2v) is 9.60. The van der Waals surface area contributed by atoms with E-state index in [1.807, 2.05) is 62.4 Å². The number of amides is 1. The Morgan fingerprint density at radius 2 is 1.83 bits per heavy atom. The predicted molar refractivity (Wildman–Crippen MR) is 139 cm³/mol. The average molecular weight is 482 g/mol. The third-order valence-corrected chi connectivity index (χ3v) is 6.76. The molecule has 0 aliphatic carbocycles. The van der Waals surface area contributed by atoms with Crippen molar-refractivity contribution in [3.63, 3.8) is 0 Å².